The van der Waals surface area contributed by atoms with E-state index in [2.05, 4.69) is 10.3 Å². The lowest BCUT2D eigenvalue weighted by molar-refractivity contribution is 0.187. The third-order valence-electron chi connectivity index (χ3n) is 2.96. The SMILES string of the molecule is COc1cccc(C(O)CN=C(N)Nc2ccccc2)c1.I. The summed E-state index contributed by atoms with van der Waals surface area (Å²) in [4.78, 5) is 4.14. The van der Waals surface area contributed by atoms with Gasteiger partial charge in [-0.05, 0) is 29.8 Å². The zero-order valence-electron chi connectivity index (χ0n) is 12.3. The third kappa shape index (κ3) is 5.53. The number of guanidine groups is 1. The second-order valence-electron chi connectivity index (χ2n) is 4.51. The van der Waals surface area contributed by atoms with Gasteiger partial charge in [0.2, 0.25) is 0 Å². The molecular weight excluding hydrogens is 393 g/mol. The van der Waals surface area contributed by atoms with Crippen molar-refractivity contribution in [1.82, 2.24) is 0 Å². The lowest BCUT2D eigenvalue weighted by atomic mass is 10.1. The number of nitrogens with two attached hydrogens (primary N) is 1. The number of rotatable bonds is 5. The number of ether oxygens (including phenoxy) is 1. The van der Waals surface area contributed by atoms with Crippen molar-refractivity contribution in [3.05, 3.63) is 60.2 Å². The minimum atomic E-state index is -0.726. The molecule has 0 amide bonds. The zero-order valence-corrected chi connectivity index (χ0v) is 14.6. The zero-order chi connectivity index (χ0) is 15.1. The predicted octanol–water partition coefficient (Wildman–Crippen LogP) is 2.77. The highest BCUT2D eigenvalue weighted by molar-refractivity contribution is 14.0. The van der Waals surface area contributed by atoms with E-state index in [0.717, 1.165) is 11.3 Å². The number of para-hydroxylation sites is 1. The summed E-state index contributed by atoms with van der Waals surface area (Å²) < 4.78 is 5.13. The van der Waals surface area contributed by atoms with Crippen molar-refractivity contribution in [3.63, 3.8) is 0 Å². The molecule has 6 heteroatoms. The predicted molar refractivity (Wildman–Crippen MR) is 99.9 cm³/mol. The second kappa shape index (κ2) is 9.26. The Morgan fingerprint density at radius 1 is 1.23 bits per heavy atom. The van der Waals surface area contributed by atoms with E-state index in [0.29, 0.717) is 5.75 Å². The van der Waals surface area contributed by atoms with E-state index in [4.69, 9.17) is 10.5 Å². The highest BCUT2D eigenvalue weighted by Crippen LogP contribution is 2.19. The van der Waals surface area contributed by atoms with Crippen LogP contribution in [0.3, 0.4) is 0 Å². The highest BCUT2D eigenvalue weighted by Gasteiger charge is 2.08. The Bertz CT molecular complexity index is 605. The van der Waals surface area contributed by atoms with Gasteiger partial charge in [0.15, 0.2) is 5.96 Å². The molecule has 118 valence electrons. The Balaban J connectivity index is 0.00000242. The minimum Gasteiger partial charge on any atom is -0.497 e. The summed E-state index contributed by atoms with van der Waals surface area (Å²) in [7, 11) is 1.59. The van der Waals surface area contributed by atoms with Crippen LogP contribution < -0.4 is 15.8 Å². The minimum absolute atomic E-state index is 0. The highest BCUT2D eigenvalue weighted by atomic mass is 127. The van der Waals surface area contributed by atoms with Gasteiger partial charge >= 0.3 is 0 Å². The van der Waals surface area contributed by atoms with Gasteiger partial charge in [0.25, 0.3) is 0 Å². The van der Waals surface area contributed by atoms with Crippen molar-refractivity contribution in [1.29, 1.82) is 0 Å². The van der Waals surface area contributed by atoms with Gasteiger partial charge in [-0.1, -0.05) is 30.3 Å². The van der Waals surface area contributed by atoms with Gasteiger partial charge in [-0.25, -0.2) is 0 Å². The van der Waals surface area contributed by atoms with E-state index in [9.17, 15) is 5.11 Å². The molecule has 4 N–H and O–H groups in total. The van der Waals surface area contributed by atoms with Crippen molar-refractivity contribution in [2.24, 2.45) is 10.7 Å². The van der Waals surface area contributed by atoms with Gasteiger partial charge < -0.3 is 20.9 Å². The lowest BCUT2D eigenvalue weighted by Gasteiger charge is -2.11. The van der Waals surface area contributed by atoms with Gasteiger partial charge in [0.1, 0.15) is 5.75 Å². The number of halogens is 1. The quantitative estimate of drug-likeness (QED) is 0.400. The molecule has 0 spiro atoms. The van der Waals surface area contributed by atoms with E-state index in [1.54, 1.807) is 13.2 Å². The van der Waals surface area contributed by atoms with Crippen LogP contribution in [0.4, 0.5) is 5.69 Å². The molecule has 22 heavy (non-hydrogen) atoms. The number of hydrogen-bond donors (Lipinski definition) is 3. The number of aliphatic hydroxyl groups excluding tert-OH is 1. The van der Waals surface area contributed by atoms with E-state index in [-0.39, 0.29) is 36.5 Å². The van der Waals surface area contributed by atoms with Crippen molar-refractivity contribution < 1.29 is 9.84 Å². The summed E-state index contributed by atoms with van der Waals surface area (Å²) in [5.41, 5.74) is 7.39. The van der Waals surface area contributed by atoms with Crippen molar-refractivity contribution in [3.8, 4) is 5.75 Å². The Labute approximate surface area is 147 Å². The van der Waals surface area contributed by atoms with Crippen molar-refractivity contribution >= 4 is 35.6 Å². The fourth-order valence-electron chi connectivity index (χ4n) is 1.85. The van der Waals surface area contributed by atoms with Gasteiger partial charge in [-0.15, -0.1) is 24.0 Å². The molecule has 5 nitrogen and oxygen atoms in total. The summed E-state index contributed by atoms with van der Waals surface area (Å²) in [5, 5.41) is 13.1. The van der Waals surface area contributed by atoms with Crippen LogP contribution in [0, 0.1) is 0 Å². The molecule has 0 aliphatic rings. The first kappa shape index (κ1) is 18.2. The molecule has 2 aromatic carbocycles. The number of aliphatic imine (C=N–C) groups is 1. The second-order valence-corrected chi connectivity index (χ2v) is 4.51. The number of methoxy groups -OCH3 is 1. The number of anilines is 1. The Morgan fingerprint density at radius 3 is 2.64 bits per heavy atom. The van der Waals surface area contributed by atoms with E-state index < -0.39 is 6.10 Å². The molecule has 1 atom stereocenters. The fraction of sp³-hybridized carbons (Fsp3) is 0.188. The van der Waals surface area contributed by atoms with Crippen LogP contribution in [0.5, 0.6) is 5.75 Å². The molecule has 0 heterocycles. The molecule has 0 aromatic heterocycles. The smallest absolute Gasteiger partial charge is 0.193 e. The molecular formula is C16H20IN3O2. The average Bonchev–Trinajstić information content (AvgIpc) is 2.53. The molecule has 0 aliphatic heterocycles. The average molecular weight is 413 g/mol. The normalized spacial score (nSPS) is 12.2. The first-order valence-electron chi connectivity index (χ1n) is 6.63. The summed E-state index contributed by atoms with van der Waals surface area (Å²) in [6.45, 7) is 0.179. The molecule has 0 aliphatic carbocycles. The van der Waals surface area contributed by atoms with Gasteiger partial charge in [-0.2, -0.15) is 0 Å². The molecule has 0 saturated carbocycles. The van der Waals surface area contributed by atoms with Crippen LogP contribution in [0.2, 0.25) is 0 Å². The first-order chi connectivity index (χ1) is 10.2. The number of aliphatic hydroxyl groups is 1. The molecule has 1 unspecified atom stereocenters. The Kier molecular flexibility index (Phi) is 7.69. The summed E-state index contributed by atoms with van der Waals surface area (Å²) in [5.74, 6) is 0.967. The van der Waals surface area contributed by atoms with Gasteiger partial charge in [0, 0.05) is 5.69 Å². The molecule has 0 bridgehead atoms. The summed E-state index contributed by atoms with van der Waals surface area (Å²) in [6, 6.07) is 16.8. The molecule has 0 fully saturated rings. The van der Waals surface area contributed by atoms with Gasteiger partial charge in [0.05, 0.1) is 19.8 Å². The largest absolute Gasteiger partial charge is 0.497 e. The lowest BCUT2D eigenvalue weighted by Crippen LogP contribution is -2.23. The van der Waals surface area contributed by atoms with Crippen molar-refractivity contribution in [2.45, 2.75) is 6.10 Å². The summed E-state index contributed by atoms with van der Waals surface area (Å²) >= 11 is 0. The van der Waals surface area contributed by atoms with Crippen LogP contribution in [0.15, 0.2) is 59.6 Å². The molecule has 0 saturated heterocycles. The van der Waals surface area contributed by atoms with E-state index in [1.165, 1.54) is 0 Å². The first-order valence-corrected chi connectivity index (χ1v) is 6.63. The van der Waals surface area contributed by atoms with Crippen LogP contribution in [-0.4, -0.2) is 24.7 Å². The van der Waals surface area contributed by atoms with Crippen LogP contribution in [0.1, 0.15) is 11.7 Å². The van der Waals surface area contributed by atoms with Crippen molar-refractivity contribution in [2.75, 3.05) is 19.0 Å². The van der Waals surface area contributed by atoms with Crippen LogP contribution >= 0.6 is 24.0 Å². The van der Waals surface area contributed by atoms with Crippen LogP contribution in [-0.2, 0) is 0 Å². The number of nitrogens with one attached hydrogen (secondary N) is 1. The fourth-order valence-corrected chi connectivity index (χ4v) is 1.85. The third-order valence-corrected chi connectivity index (χ3v) is 2.96. The van der Waals surface area contributed by atoms with E-state index in [1.807, 2.05) is 48.5 Å². The molecule has 2 rings (SSSR count). The standard InChI is InChI=1S/C16H19N3O2.HI/c1-21-14-9-5-6-12(10-14)15(20)11-18-16(17)19-13-7-3-2-4-8-13;/h2-10,15,20H,11H2,1H3,(H3,17,18,19);1H. The number of nitrogens with zero attached hydrogens (tertiary/aromatic N) is 1. The topological polar surface area (TPSA) is 79.9 Å². The van der Waals surface area contributed by atoms with Crippen LogP contribution in [0.25, 0.3) is 0 Å². The number of benzene rings is 2. The maximum atomic E-state index is 10.1. The van der Waals surface area contributed by atoms with Gasteiger partial charge in [-0.3, -0.25) is 4.99 Å². The Hall–Kier alpha value is -1.80. The maximum absolute atomic E-state index is 10.1. The molecule has 0 radical (unpaired) electrons. The summed E-state index contributed by atoms with van der Waals surface area (Å²) in [6.07, 6.45) is -0.726. The maximum Gasteiger partial charge on any atom is 0.193 e. The monoisotopic (exact) mass is 413 g/mol. The number of hydrogen-bond acceptors (Lipinski definition) is 3. The van der Waals surface area contributed by atoms with E-state index >= 15 is 0 Å². The Morgan fingerprint density at radius 2 is 1.95 bits per heavy atom. The molecule has 2 aromatic rings.